The van der Waals surface area contributed by atoms with Gasteiger partial charge in [0, 0.05) is 12.3 Å². The quantitative estimate of drug-likeness (QED) is 0.478. The molecule has 0 saturated carbocycles. The van der Waals surface area contributed by atoms with Crippen LogP contribution in [0.25, 0.3) is 0 Å². The smallest absolute Gasteiger partial charge is 0.267 e. The lowest BCUT2D eigenvalue weighted by Crippen LogP contribution is -2.29. The van der Waals surface area contributed by atoms with Crippen molar-refractivity contribution in [3.8, 4) is 0 Å². The van der Waals surface area contributed by atoms with Crippen LogP contribution >= 0.6 is 0 Å². The van der Waals surface area contributed by atoms with Crippen LogP contribution < -0.4 is 9.99 Å². The van der Waals surface area contributed by atoms with Gasteiger partial charge in [-0.05, 0) is 25.0 Å². The molecule has 0 bridgehead atoms. The predicted molar refractivity (Wildman–Crippen MR) is 67.6 cm³/mol. The molecule has 1 rings (SSSR count). The molecule has 0 aliphatic rings. The van der Waals surface area contributed by atoms with Gasteiger partial charge in [0.15, 0.2) is 12.4 Å². The van der Waals surface area contributed by atoms with Gasteiger partial charge in [-0.2, -0.15) is 5.10 Å². The van der Waals surface area contributed by atoms with Gasteiger partial charge in [0.05, 0.1) is 0 Å². The van der Waals surface area contributed by atoms with Crippen molar-refractivity contribution in [3.05, 3.63) is 41.7 Å². The molecule has 1 heterocycles. The number of aryl methyl sites for hydroxylation is 1. The fraction of sp³-hybridized carbons (Fsp3) is 0.308. The summed E-state index contributed by atoms with van der Waals surface area (Å²) >= 11 is 0. The molecule has 0 aromatic carbocycles. The van der Waals surface area contributed by atoms with Crippen LogP contribution in [-0.4, -0.2) is 12.1 Å². The molecule has 17 heavy (non-hydrogen) atoms. The first-order chi connectivity index (χ1) is 8.13. The Hall–Kier alpha value is -1.97. The number of amides is 1. The second-order valence-corrected chi connectivity index (χ2v) is 3.81. The number of carbonyl (C=O) groups is 1. The van der Waals surface area contributed by atoms with E-state index in [-0.39, 0.29) is 5.91 Å². The van der Waals surface area contributed by atoms with Crippen molar-refractivity contribution in [2.24, 2.45) is 12.1 Å². The third-order valence-electron chi connectivity index (χ3n) is 2.16. The summed E-state index contributed by atoms with van der Waals surface area (Å²) in [5.74, 6) is -0.207. The van der Waals surface area contributed by atoms with Crippen molar-refractivity contribution < 1.29 is 9.36 Å². The molecule has 0 radical (unpaired) electrons. The van der Waals surface area contributed by atoms with Crippen molar-refractivity contribution in [2.75, 3.05) is 0 Å². The monoisotopic (exact) mass is 232 g/mol. The van der Waals surface area contributed by atoms with E-state index in [1.165, 1.54) is 0 Å². The standard InChI is InChI=1S/C13H17N3O/c1-4-6-11(2)9-14-15-13(17)12-7-5-8-16(3)10-12/h5-10H,4H2,1-3H3/p+1/b11-6-,14-9-. The first-order valence-electron chi connectivity index (χ1n) is 5.59. The lowest BCUT2D eigenvalue weighted by atomic mass is 10.3. The molecule has 0 spiro atoms. The highest BCUT2D eigenvalue weighted by atomic mass is 16.2. The number of carbonyl (C=O) groups excluding carboxylic acids is 1. The van der Waals surface area contributed by atoms with Gasteiger partial charge in [-0.1, -0.05) is 13.0 Å². The molecule has 0 unspecified atom stereocenters. The van der Waals surface area contributed by atoms with Gasteiger partial charge >= 0.3 is 0 Å². The lowest BCUT2D eigenvalue weighted by molar-refractivity contribution is -0.671. The highest BCUT2D eigenvalue weighted by molar-refractivity contribution is 5.94. The second kappa shape index (κ2) is 6.58. The third kappa shape index (κ3) is 4.59. The summed E-state index contributed by atoms with van der Waals surface area (Å²) < 4.78 is 1.82. The normalized spacial score (nSPS) is 11.8. The number of allylic oxidation sites excluding steroid dienone is 2. The molecule has 1 N–H and O–H groups in total. The largest absolute Gasteiger partial charge is 0.277 e. The van der Waals surface area contributed by atoms with E-state index in [0.29, 0.717) is 5.56 Å². The van der Waals surface area contributed by atoms with Crippen LogP contribution in [0.1, 0.15) is 30.6 Å². The zero-order valence-corrected chi connectivity index (χ0v) is 10.5. The van der Waals surface area contributed by atoms with E-state index in [4.69, 9.17) is 0 Å². The third-order valence-corrected chi connectivity index (χ3v) is 2.16. The van der Waals surface area contributed by atoms with E-state index in [2.05, 4.69) is 17.5 Å². The van der Waals surface area contributed by atoms with Crippen LogP contribution in [0, 0.1) is 0 Å². The minimum Gasteiger partial charge on any atom is -0.267 e. The van der Waals surface area contributed by atoms with E-state index >= 15 is 0 Å². The van der Waals surface area contributed by atoms with E-state index in [9.17, 15) is 4.79 Å². The van der Waals surface area contributed by atoms with Crippen LogP contribution in [0.5, 0.6) is 0 Å². The number of pyridine rings is 1. The first kappa shape index (κ1) is 13.1. The summed E-state index contributed by atoms with van der Waals surface area (Å²) in [6.45, 7) is 4.00. The average Bonchev–Trinajstić information content (AvgIpc) is 2.29. The van der Waals surface area contributed by atoms with Crippen molar-refractivity contribution in [3.63, 3.8) is 0 Å². The van der Waals surface area contributed by atoms with Crippen LogP contribution in [0.2, 0.25) is 0 Å². The molecule has 90 valence electrons. The van der Waals surface area contributed by atoms with Gasteiger partial charge < -0.3 is 0 Å². The van der Waals surface area contributed by atoms with Gasteiger partial charge in [-0.25, -0.2) is 9.99 Å². The SMILES string of the molecule is CC/C=C(C)\C=N/NC(=O)c1ccc[n+](C)c1. The van der Waals surface area contributed by atoms with Crippen LogP contribution in [0.15, 0.2) is 41.3 Å². The Morgan fingerprint density at radius 2 is 2.35 bits per heavy atom. The van der Waals surface area contributed by atoms with E-state index in [1.807, 2.05) is 36.9 Å². The molecule has 1 aromatic heterocycles. The average molecular weight is 232 g/mol. The first-order valence-corrected chi connectivity index (χ1v) is 5.59. The number of hydrogen-bond acceptors (Lipinski definition) is 2. The molecule has 0 aliphatic heterocycles. The molecule has 4 nitrogen and oxygen atoms in total. The Labute approximate surface area is 102 Å². The topological polar surface area (TPSA) is 45.3 Å². The summed E-state index contributed by atoms with van der Waals surface area (Å²) in [7, 11) is 1.87. The van der Waals surface area contributed by atoms with Crippen molar-refractivity contribution in [1.82, 2.24) is 5.43 Å². The maximum atomic E-state index is 11.7. The van der Waals surface area contributed by atoms with Gasteiger partial charge in [-0.3, -0.25) is 4.79 Å². The predicted octanol–water partition coefficient (Wildman–Crippen LogP) is 1.58. The van der Waals surface area contributed by atoms with Crippen molar-refractivity contribution >= 4 is 12.1 Å². The fourth-order valence-electron chi connectivity index (χ4n) is 1.35. The number of nitrogens with one attached hydrogen (secondary N) is 1. The van der Waals surface area contributed by atoms with Crippen LogP contribution in [-0.2, 0) is 7.05 Å². The second-order valence-electron chi connectivity index (χ2n) is 3.81. The van der Waals surface area contributed by atoms with Gasteiger partial charge in [0.25, 0.3) is 5.91 Å². The highest BCUT2D eigenvalue weighted by Gasteiger charge is 2.06. The molecule has 0 saturated heterocycles. The Balaban J connectivity index is 2.59. The van der Waals surface area contributed by atoms with Gasteiger partial charge in [0.1, 0.15) is 12.6 Å². The number of nitrogens with zero attached hydrogens (tertiary/aromatic N) is 2. The zero-order valence-electron chi connectivity index (χ0n) is 10.5. The number of rotatable bonds is 4. The molecular formula is C13H18N3O+. The molecule has 4 heteroatoms. The minimum atomic E-state index is -0.207. The molecule has 0 fully saturated rings. The molecule has 0 aliphatic carbocycles. The molecule has 1 amide bonds. The molecular weight excluding hydrogens is 214 g/mol. The fourth-order valence-corrected chi connectivity index (χ4v) is 1.35. The number of hydrazone groups is 1. The maximum absolute atomic E-state index is 11.7. The van der Waals surface area contributed by atoms with Crippen LogP contribution in [0.4, 0.5) is 0 Å². The lowest BCUT2D eigenvalue weighted by Gasteiger charge is -1.97. The maximum Gasteiger partial charge on any atom is 0.277 e. The summed E-state index contributed by atoms with van der Waals surface area (Å²) in [5, 5.41) is 3.89. The number of aromatic nitrogens is 1. The highest BCUT2D eigenvalue weighted by Crippen LogP contribution is 1.94. The number of hydrogen-bond donors (Lipinski definition) is 1. The van der Waals surface area contributed by atoms with Crippen LogP contribution in [0.3, 0.4) is 0 Å². The van der Waals surface area contributed by atoms with Crippen molar-refractivity contribution in [1.29, 1.82) is 0 Å². The Morgan fingerprint density at radius 1 is 1.59 bits per heavy atom. The van der Waals surface area contributed by atoms with E-state index in [1.54, 1.807) is 18.5 Å². The van der Waals surface area contributed by atoms with Crippen molar-refractivity contribution in [2.45, 2.75) is 20.3 Å². The molecule has 1 aromatic rings. The van der Waals surface area contributed by atoms with Gasteiger partial charge in [0.2, 0.25) is 0 Å². The zero-order chi connectivity index (χ0) is 12.7. The summed E-state index contributed by atoms with van der Waals surface area (Å²) in [6.07, 6.45) is 8.26. The Morgan fingerprint density at radius 3 is 3.00 bits per heavy atom. The van der Waals surface area contributed by atoms with E-state index in [0.717, 1.165) is 12.0 Å². The Bertz CT molecular complexity index is 450. The summed E-state index contributed by atoms with van der Waals surface area (Å²) in [5.41, 5.74) is 4.11. The Kier molecular flexibility index (Phi) is 5.07. The van der Waals surface area contributed by atoms with E-state index < -0.39 is 0 Å². The molecule has 0 atom stereocenters. The summed E-state index contributed by atoms with van der Waals surface area (Å²) in [4.78, 5) is 11.7. The summed E-state index contributed by atoms with van der Waals surface area (Å²) in [6, 6.07) is 3.57. The van der Waals surface area contributed by atoms with Gasteiger partial charge in [-0.15, -0.1) is 0 Å². The minimum absolute atomic E-state index is 0.207.